The third-order valence-corrected chi connectivity index (χ3v) is 4.28. The number of aliphatic hydroxyl groups is 1. The van der Waals surface area contributed by atoms with Gasteiger partial charge in [0.15, 0.2) is 0 Å². The standard InChI is InChI=1S/C13H20FNOS/c1-9(7-8-16)17-13(10(2)15)11-5-3-4-6-12(11)14/h3-6,9-10,13,16H,7-8,15H2,1-2H3. The molecule has 0 saturated carbocycles. The van der Waals surface area contributed by atoms with E-state index in [4.69, 9.17) is 10.8 Å². The summed E-state index contributed by atoms with van der Waals surface area (Å²) < 4.78 is 13.7. The van der Waals surface area contributed by atoms with Crippen LogP contribution in [0.5, 0.6) is 0 Å². The molecule has 0 aliphatic carbocycles. The van der Waals surface area contributed by atoms with Gasteiger partial charge in [-0.2, -0.15) is 0 Å². The van der Waals surface area contributed by atoms with Crippen LogP contribution < -0.4 is 5.73 Å². The van der Waals surface area contributed by atoms with E-state index in [1.165, 1.54) is 6.07 Å². The maximum absolute atomic E-state index is 13.7. The molecule has 3 unspecified atom stereocenters. The van der Waals surface area contributed by atoms with E-state index in [0.29, 0.717) is 12.0 Å². The van der Waals surface area contributed by atoms with E-state index in [0.717, 1.165) is 0 Å². The third-order valence-electron chi connectivity index (χ3n) is 2.60. The average Bonchev–Trinajstić information content (AvgIpc) is 2.27. The van der Waals surface area contributed by atoms with E-state index >= 15 is 0 Å². The Morgan fingerprint density at radius 2 is 2.00 bits per heavy atom. The van der Waals surface area contributed by atoms with Gasteiger partial charge >= 0.3 is 0 Å². The first kappa shape index (κ1) is 14.5. The van der Waals surface area contributed by atoms with Gasteiger partial charge in [0.25, 0.3) is 0 Å². The maximum atomic E-state index is 13.7. The lowest BCUT2D eigenvalue weighted by atomic mass is 10.1. The fraction of sp³-hybridized carbons (Fsp3) is 0.538. The second-order valence-electron chi connectivity index (χ2n) is 4.26. The molecule has 17 heavy (non-hydrogen) atoms. The van der Waals surface area contributed by atoms with E-state index in [-0.39, 0.29) is 29.0 Å². The molecule has 4 heteroatoms. The number of hydrogen-bond donors (Lipinski definition) is 2. The molecule has 0 bridgehead atoms. The molecule has 0 fully saturated rings. The largest absolute Gasteiger partial charge is 0.396 e. The lowest BCUT2D eigenvalue weighted by molar-refractivity contribution is 0.288. The third kappa shape index (κ3) is 4.30. The summed E-state index contributed by atoms with van der Waals surface area (Å²) in [7, 11) is 0. The summed E-state index contributed by atoms with van der Waals surface area (Å²) in [6, 6.07) is 6.62. The number of rotatable bonds is 6. The van der Waals surface area contributed by atoms with Crippen molar-refractivity contribution in [1.82, 2.24) is 0 Å². The van der Waals surface area contributed by atoms with Gasteiger partial charge in [-0.3, -0.25) is 0 Å². The molecule has 1 rings (SSSR count). The molecule has 2 nitrogen and oxygen atoms in total. The second-order valence-corrected chi connectivity index (χ2v) is 5.84. The minimum absolute atomic E-state index is 0.0715. The molecule has 0 heterocycles. The fourth-order valence-corrected chi connectivity index (χ4v) is 3.01. The van der Waals surface area contributed by atoms with E-state index < -0.39 is 0 Å². The van der Waals surface area contributed by atoms with Crippen molar-refractivity contribution in [3.63, 3.8) is 0 Å². The molecular weight excluding hydrogens is 237 g/mol. The van der Waals surface area contributed by atoms with Crippen molar-refractivity contribution < 1.29 is 9.50 Å². The zero-order chi connectivity index (χ0) is 12.8. The van der Waals surface area contributed by atoms with Gasteiger partial charge in [0.2, 0.25) is 0 Å². The van der Waals surface area contributed by atoms with Gasteiger partial charge in [-0.15, -0.1) is 11.8 Å². The first-order valence-corrected chi connectivity index (χ1v) is 6.77. The molecule has 1 aromatic carbocycles. The lowest BCUT2D eigenvalue weighted by Crippen LogP contribution is -2.25. The topological polar surface area (TPSA) is 46.2 Å². The Hall–Kier alpha value is -0.580. The van der Waals surface area contributed by atoms with Crippen LogP contribution >= 0.6 is 11.8 Å². The number of benzene rings is 1. The second kappa shape index (κ2) is 6.99. The van der Waals surface area contributed by atoms with E-state index in [1.54, 1.807) is 23.9 Å². The van der Waals surface area contributed by atoms with Crippen molar-refractivity contribution in [1.29, 1.82) is 0 Å². The summed E-state index contributed by atoms with van der Waals surface area (Å²) in [4.78, 5) is 0. The van der Waals surface area contributed by atoms with Gasteiger partial charge in [-0.25, -0.2) is 4.39 Å². The van der Waals surface area contributed by atoms with E-state index in [2.05, 4.69) is 0 Å². The highest BCUT2D eigenvalue weighted by molar-refractivity contribution is 8.00. The number of halogens is 1. The van der Waals surface area contributed by atoms with Crippen molar-refractivity contribution in [2.45, 2.75) is 36.8 Å². The van der Waals surface area contributed by atoms with Crippen molar-refractivity contribution >= 4 is 11.8 Å². The Bertz CT molecular complexity index is 346. The first-order chi connectivity index (χ1) is 8.06. The Kier molecular flexibility index (Phi) is 5.95. The Balaban J connectivity index is 2.83. The molecule has 0 spiro atoms. The Morgan fingerprint density at radius 1 is 1.35 bits per heavy atom. The molecule has 0 aromatic heterocycles. The van der Waals surface area contributed by atoms with Crippen molar-refractivity contribution in [3.05, 3.63) is 35.6 Å². The van der Waals surface area contributed by atoms with E-state index in [1.807, 2.05) is 19.9 Å². The predicted molar refractivity (Wildman–Crippen MR) is 71.5 cm³/mol. The molecule has 96 valence electrons. The Morgan fingerprint density at radius 3 is 2.53 bits per heavy atom. The van der Waals surface area contributed by atoms with Crippen LogP contribution in [0, 0.1) is 5.82 Å². The van der Waals surface area contributed by atoms with Crippen LogP contribution in [0.2, 0.25) is 0 Å². The van der Waals surface area contributed by atoms with Crippen LogP contribution in [0.1, 0.15) is 31.1 Å². The summed E-state index contributed by atoms with van der Waals surface area (Å²) in [5.41, 5.74) is 6.58. The molecule has 1 aromatic rings. The monoisotopic (exact) mass is 257 g/mol. The minimum atomic E-state index is -0.210. The van der Waals surface area contributed by atoms with Gasteiger partial charge in [-0.05, 0) is 19.4 Å². The van der Waals surface area contributed by atoms with Crippen LogP contribution in [-0.2, 0) is 0 Å². The highest BCUT2D eigenvalue weighted by Gasteiger charge is 2.22. The average molecular weight is 257 g/mol. The van der Waals surface area contributed by atoms with Crippen LogP contribution in [0.4, 0.5) is 4.39 Å². The van der Waals surface area contributed by atoms with Crippen LogP contribution in [0.3, 0.4) is 0 Å². The van der Waals surface area contributed by atoms with Gasteiger partial charge < -0.3 is 10.8 Å². The molecule has 3 N–H and O–H groups in total. The summed E-state index contributed by atoms with van der Waals surface area (Å²) in [6.07, 6.45) is 0.697. The molecule has 0 aliphatic heterocycles. The highest BCUT2D eigenvalue weighted by Crippen LogP contribution is 2.36. The Labute approximate surface area is 106 Å². The summed E-state index contributed by atoms with van der Waals surface area (Å²) >= 11 is 1.62. The molecule has 0 saturated heterocycles. The van der Waals surface area contributed by atoms with Crippen molar-refractivity contribution in [2.75, 3.05) is 6.61 Å². The number of thioether (sulfide) groups is 1. The lowest BCUT2D eigenvalue weighted by Gasteiger charge is -2.24. The molecule has 3 atom stereocenters. The maximum Gasteiger partial charge on any atom is 0.127 e. The fourth-order valence-electron chi connectivity index (χ4n) is 1.69. The summed E-state index contributed by atoms with van der Waals surface area (Å²) in [5, 5.41) is 9.08. The number of nitrogens with two attached hydrogens (primary N) is 1. The van der Waals surface area contributed by atoms with Crippen molar-refractivity contribution in [2.24, 2.45) is 5.73 Å². The summed E-state index contributed by atoms with van der Waals surface area (Å²) in [6.45, 7) is 4.06. The zero-order valence-electron chi connectivity index (χ0n) is 10.3. The smallest absolute Gasteiger partial charge is 0.127 e. The number of hydrogen-bond acceptors (Lipinski definition) is 3. The minimum Gasteiger partial charge on any atom is -0.396 e. The quantitative estimate of drug-likeness (QED) is 0.823. The number of aliphatic hydroxyl groups excluding tert-OH is 1. The molecular formula is C13H20FNOS. The normalized spacial score (nSPS) is 16.5. The first-order valence-electron chi connectivity index (χ1n) is 5.82. The van der Waals surface area contributed by atoms with Crippen LogP contribution in [0.25, 0.3) is 0 Å². The molecule has 0 radical (unpaired) electrons. The molecule has 0 aliphatic rings. The van der Waals surface area contributed by atoms with Gasteiger partial charge in [0.1, 0.15) is 5.82 Å². The molecule has 0 amide bonds. The summed E-state index contributed by atoms with van der Waals surface area (Å²) in [5.74, 6) is -0.210. The van der Waals surface area contributed by atoms with Crippen molar-refractivity contribution in [3.8, 4) is 0 Å². The van der Waals surface area contributed by atoms with Crippen LogP contribution in [0.15, 0.2) is 24.3 Å². The van der Waals surface area contributed by atoms with Gasteiger partial charge in [-0.1, -0.05) is 25.1 Å². The van der Waals surface area contributed by atoms with Crippen LogP contribution in [-0.4, -0.2) is 23.0 Å². The van der Waals surface area contributed by atoms with Gasteiger partial charge in [0, 0.05) is 28.7 Å². The van der Waals surface area contributed by atoms with E-state index in [9.17, 15) is 4.39 Å². The highest BCUT2D eigenvalue weighted by atomic mass is 32.2. The zero-order valence-corrected chi connectivity index (χ0v) is 11.1. The van der Waals surface area contributed by atoms with Gasteiger partial charge in [0.05, 0.1) is 0 Å². The SMILES string of the molecule is CC(CCO)SC(c1ccccc1F)C(C)N. The predicted octanol–water partition coefficient (Wildman–Crippen LogP) is 2.72.